The van der Waals surface area contributed by atoms with Crippen molar-refractivity contribution in [3.8, 4) is 0 Å². The van der Waals surface area contributed by atoms with Crippen LogP contribution in [0.5, 0.6) is 0 Å². The van der Waals surface area contributed by atoms with Gasteiger partial charge >= 0.3 is 0 Å². The van der Waals surface area contributed by atoms with Crippen molar-refractivity contribution >= 4 is 16.8 Å². The fraction of sp³-hybridized carbons (Fsp3) is 0.500. The number of aromatic nitrogens is 1. The molecule has 4 nitrogen and oxygen atoms in total. The molecule has 1 aliphatic carbocycles. The molecule has 2 fully saturated rings. The van der Waals surface area contributed by atoms with Gasteiger partial charge in [0.15, 0.2) is 0 Å². The summed E-state index contributed by atoms with van der Waals surface area (Å²) >= 11 is 0. The Labute approximate surface area is 204 Å². The van der Waals surface area contributed by atoms with Gasteiger partial charge in [0.05, 0.1) is 0 Å². The largest absolute Gasteiger partial charge is 0.353 e. The minimum Gasteiger partial charge on any atom is -0.353 e. The molecule has 2 N–H and O–H groups in total. The van der Waals surface area contributed by atoms with Gasteiger partial charge in [-0.3, -0.25) is 4.79 Å². The quantitative estimate of drug-likeness (QED) is 0.463. The lowest BCUT2D eigenvalue weighted by atomic mass is 9.87. The Morgan fingerprint density at radius 3 is 2.62 bits per heavy atom. The molecule has 0 spiro atoms. The highest BCUT2D eigenvalue weighted by Crippen LogP contribution is 2.36. The lowest BCUT2D eigenvalue weighted by Crippen LogP contribution is -2.36. The third-order valence-corrected chi connectivity index (χ3v) is 7.91. The first-order chi connectivity index (χ1) is 16.7. The Balaban J connectivity index is 1.47. The molecule has 1 amide bonds. The molecule has 1 aromatic heterocycles. The standard InChI is InChI=1S/C30H39N3O/c1-22-8-7-9-24(18-22)27(19-30(34)32-25-10-3-2-4-11-25)28-21-33(20-23-14-16-31-17-15-23)29-13-6-5-12-26(28)29/h5-9,12-13,18,21,23,25,27,31H,2-4,10-11,14-17,19-20H2,1H3,(H,32,34). The predicted octanol–water partition coefficient (Wildman–Crippen LogP) is 5.92. The highest BCUT2D eigenvalue weighted by atomic mass is 16.1. The van der Waals surface area contributed by atoms with Crippen molar-refractivity contribution in [1.82, 2.24) is 15.2 Å². The molecule has 4 heteroatoms. The average Bonchev–Trinajstić information content (AvgIpc) is 3.22. The van der Waals surface area contributed by atoms with Crippen LogP contribution >= 0.6 is 0 Å². The van der Waals surface area contributed by atoms with Gasteiger partial charge in [0.1, 0.15) is 0 Å². The molecule has 2 aromatic carbocycles. The molecule has 1 atom stereocenters. The van der Waals surface area contributed by atoms with E-state index < -0.39 is 0 Å². The summed E-state index contributed by atoms with van der Waals surface area (Å²) in [5.74, 6) is 0.952. The van der Waals surface area contributed by atoms with E-state index in [4.69, 9.17) is 0 Å². The summed E-state index contributed by atoms with van der Waals surface area (Å²) in [6.45, 7) is 5.42. The molecule has 2 aliphatic rings. The number of hydrogen-bond donors (Lipinski definition) is 2. The lowest BCUT2D eigenvalue weighted by Gasteiger charge is -2.24. The Kier molecular flexibility index (Phi) is 7.34. The minimum atomic E-state index is 0.0580. The van der Waals surface area contributed by atoms with Crippen molar-refractivity contribution in [2.24, 2.45) is 5.92 Å². The number of piperidine rings is 1. The van der Waals surface area contributed by atoms with Gasteiger partial charge in [-0.15, -0.1) is 0 Å². The van der Waals surface area contributed by atoms with Crippen LogP contribution in [0.1, 0.15) is 74.0 Å². The van der Waals surface area contributed by atoms with Crippen LogP contribution in [-0.4, -0.2) is 29.6 Å². The molecule has 1 saturated carbocycles. The number of aryl methyl sites for hydroxylation is 1. The van der Waals surface area contributed by atoms with Crippen LogP contribution in [-0.2, 0) is 11.3 Å². The summed E-state index contributed by atoms with van der Waals surface area (Å²) in [4.78, 5) is 13.3. The molecule has 0 radical (unpaired) electrons. The minimum absolute atomic E-state index is 0.0580. The molecule has 1 unspecified atom stereocenters. The number of rotatable bonds is 7. The van der Waals surface area contributed by atoms with Crippen LogP contribution in [0.3, 0.4) is 0 Å². The summed E-state index contributed by atoms with van der Waals surface area (Å²) in [6, 6.07) is 17.8. The molecule has 1 saturated heterocycles. The maximum atomic E-state index is 13.3. The molecule has 3 aromatic rings. The number of nitrogens with one attached hydrogen (secondary N) is 2. The van der Waals surface area contributed by atoms with Crippen molar-refractivity contribution in [3.63, 3.8) is 0 Å². The number of carbonyl (C=O) groups excluding carboxylic acids is 1. The molecular weight excluding hydrogens is 418 g/mol. The van der Waals surface area contributed by atoms with E-state index in [-0.39, 0.29) is 11.8 Å². The smallest absolute Gasteiger partial charge is 0.221 e. The van der Waals surface area contributed by atoms with Crippen LogP contribution in [0.4, 0.5) is 0 Å². The summed E-state index contributed by atoms with van der Waals surface area (Å²) in [6.07, 6.45) is 11.3. The topological polar surface area (TPSA) is 46.1 Å². The highest BCUT2D eigenvalue weighted by molar-refractivity contribution is 5.86. The zero-order valence-corrected chi connectivity index (χ0v) is 20.6. The zero-order chi connectivity index (χ0) is 23.3. The number of para-hydroxylation sites is 1. The Hall–Kier alpha value is -2.59. The fourth-order valence-corrected chi connectivity index (χ4v) is 6.06. The Morgan fingerprint density at radius 1 is 1.03 bits per heavy atom. The number of carbonyl (C=O) groups is 1. The van der Waals surface area contributed by atoms with E-state index in [9.17, 15) is 4.79 Å². The first-order valence-corrected chi connectivity index (χ1v) is 13.3. The van der Waals surface area contributed by atoms with E-state index in [2.05, 4.69) is 76.9 Å². The average molecular weight is 458 g/mol. The van der Waals surface area contributed by atoms with Crippen LogP contribution in [0.25, 0.3) is 10.9 Å². The molecule has 1 aliphatic heterocycles. The maximum absolute atomic E-state index is 13.3. The number of nitrogens with zero attached hydrogens (tertiary/aromatic N) is 1. The first-order valence-electron chi connectivity index (χ1n) is 13.3. The van der Waals surface area contributed by atoms with E-state index in [0.29, 0.717) is 18.4 Å². The second kappa shape index (κ2) is 10.8. The Bertz CT molecular complexity index is 1110. The van der Waals surface area contributed by atoms with Crippen LogP contribution in [0.15, 0.2) is 54.7 Å². The maximum Gasteiger partial charge on any atom is 0.221 e. The van der Waals surface area contributed by atoms with Gasteiger partial charge in [-0.1, -0.05) is 67.3 Å². The van der Waals surface area contributed by atoms with Crippen molar-refractivity contribution < 1.29 is 4.79 Å². The molecule has 2 heterocycles. The van der Waals surface area contributed by atoms with Crippen LogP contribution in [0.2, 0.25) is 0 Å². The molecular formula is C30H39N3O. The van der Waals surface area contributed by atoms with E-state index in [1.807, 2.05) is 0 Å². The van der Waals surface area contributed by atoms with Gasteiger partial charge in [0.2, 0.25) is 5.91 Å². The molecule has 180 valence electrons. The van der Waals surface area contributed by atoms with Gasteiger partial charge in [-0.05, 0) is 68.8 Å². The SMILES string of the molecule is Cc1cccc(C(CC(=O)NC2CCCCC2)c2cn(CC3CCNCC3)c3ccccc23)c1. The first kappa shape index (κ1) is 23.2. The highest BCUT2D eigenvalue weighted by Gasteiger charge is 2.25. The zero-order valence-electron chi connectivity index (χ0n) is 20.6. The van der Waals surface area contributed by atoms with Crippen LogP contribution in [0, 0.1) is 12.8 Å². The van der Waals surface area contributed by atoms with E-state index in [0.717, 1.165) is 32.5 Å². The third-order valence-electron chi connectivity index (χ3n) is 7.91. The van der Waals surface area contributed by atoms with E-state index >= 15 is 0 Å². The van der Waals surface area contributed by atoms with E-state index in [1.165, 1.54) is 59.7 Å². The Morgan fingerprint density at radius 2 is 1.82 bits per heavy atom. The van der Waals surface area contributed by atoms with Crippen LogP contribution < -0.4 is 10.6 Å². The number of fused-ring (bicyclic) bond motifs is 1. The third kappa shape index (κ3) is 5.38. The predicted molar refractivity (Wildman–Crippen MR) is 140 cm³/mol. The second-order valence-electron chi connectivity index (χ2n) is 10.5. The van der Waals surface area contributed by atoms with Gasteiger partial charge in [0.25, 0.3) is 0 Å². The number of benzene rings is 2. The van der Waals surface area contributed by atoms with Crippen molar-refractivity contribution in [1.29, 1.82) is 0 Å². The normalized spacial score (nSPS) is 18.7. The van der Waals surface area contributed by atoms with Gasteiger partial charge in [-0.25, -0.2) is 0 Å². The summed E-state index contributed by atoms with van der Waals surface area (Å²) in [5, 5.41) is 8.15. The number of hydrogen-bond acceptors (Lipinski definition) is 2. The molecule has 34 heavy (non-hydrogen) atoms. The van der Waals surface area contributed by atoms with Gasteiger partial charge < -0.3 is 15.2 Å². The number of amides is 1. The van der Waals surface area contributed by atoms with Crippen molar-refractivity contribution in [2.75, 3.05) is 13.1 Å². The van der Waals surface area contributed by atoms with E-state index in [1.54, 1.807) is 0 Å². The summed E-state index contributed by atoms with van der Waals surface area (Å²) in [5.41, 5.74) is 5.06. The molecule has 5 rings (SSSR count). The second-order valence-corrected chi connectivity index (χ2v) is 10.5. The summed E-state index contributed by atoms with van der Waals surface area (Å²) < 4.78 is 2.46. The molecule has 0 bridgehead atoms. The fourth-order valence-electron chi connectivity index (χ4n) is 6.06. The summed E-state index contributed by atoms with van der Waals surface area (Å²) in [7, 11) is 0. The van der Waals surface area contributed by atoms with Crippen molar-refractivity contribution in [3.05, 3.63) is 71.4 Å². The monoisotopic (exact) mass is 457 g/mol. The van der Waals surface area contributed by atoms with Gasteiger partial charge in [-0.2, -0.15) is 0 Å². The van der Waals surface area contributed by atoms with Crippen molar-refractivity contribution in [2.45, 2.75) is 76.8 Å². The lowest BCUT2D eigenvalue weighted by molar-refractivity contribution is -0.122. The van der Waals surface area contributed by atoms with Gasteiger partial charge in [0, 0.05) is 42.0 Å².